The summed E-state index contributed by atoms with van der Waals surface area (Å²) in [5, 5.41) is 4.40. The van der Waals surface area contributed by atoms with E-state index in [2.05, 4.69) is 33.0 Å². The van der Waals surface area contributed by atoms with Crippen molar-refractivity contribution in [3.05, 3.63) is 28.8 Å². The lowest BCUT2D eigenvalue weighted by Gasteiger charge is -2.35. The van der Waals surface area contributed by atoms with Crippen molar-refractivity contribution in [1.82, 2.24) is 5.32 Å². The maximum absolute atomic E-state index is 6.16. The monoisotopic (exact) mass is 283 g/mol. The van der Waals surface area contributed by atoms with E-state index in [4.69, 9.17) is 16.3 Å². The number of benzene rings is 1. The van der Waals surface area contributed by atoms with Crippen molar-refractivity contribution in [2.75, 3.05) is 13.7 Å². The Hall–Kier alpha value is -0.730. The zero-order valence-electron chi connectivity index (χ0n) is 12.7. The van der Waals surface area contributed by atoms with E-state index in [-0.39, 0.29) is 11.5 Å². The minimum Gasteiger partial charge on any atom is -0.496 e. The second kappa shape index (κ2) is 7.16. The normalized spacial score (nSPS) is 13.4. The van der Waals surface area contributed by atoms with Crippen molar-refractivity contribution in [3.63, 3.8) is 0 Å². The third-order valence-corrected chi connectivity index (χ3v) is 4.03. The van der Waals surface area contributed by atoms with E-state index >= 15 is 0 Å². The van der Waals surface area contributed by atoms with Crippen molar-refractivity contribution in [2.45, 2.75) is 46.6 Å². The average molecular weight is 284 g/mol. The zero-order valence-corrected chi connectivity index (χ0v) is 13.5. The minimum absolute atomic E-state index is 0.146. The molecule has 0 amide bonds. The van der Waals surface area contributed by atoms with E-state index in [1.54, 1.807) is 7.11 Å². The van der Waals surface area contributed by atoms with Gasteiger partial charge in [-0.3, -0.25) is 0 Å². The maximum Gasteiger partial charge on any atom is 0.123 e. The third-order valence-electron chi connectivity index (χ3n) is 3.79. The Bertz CT molecular complexity index is 404. The van der Waals surface area contributed by atoms with Crippen LogP contribution >= 0.6 is 11.6 Å². The fourth-order valence-electron chi connectivity index (χ4n) is 2.23. The highest BCUT2D eigenvalue weighted by Crippen LogP contribution is 2.40. The van der Waals surface area contributed by atoms with Gasteiger partial charge in [0.15, 0.2) is 0 Å². The van der Waals surface area contributed by atoms with Gasteiger partial charge in [-0.2, -0.15) is 0 Å². The molecule has 0 fully saturated rings. The molecule has 108 valence electrons. The van der Waals surface area contributed by atoms with Gasteiger partial charge in [-0.05, 0) is 43.0 Å². The second-order valence-corrected chi connectivity index (χ2v) is 6.05. The molecular formula is C16H26ClNO. The molecule has 0 bridgehead atoms. The topological polar surface area (TPSA) is 21.3 Å². The molecule has 0 aromatic heterocycles. The van der Waals surface area contributed by atoms with Gasteiger partial charge in [0.25, 0.3) is 0 Å². The number of hydrogen-bond acceptors (Lipinski definition) is 2. The first-order valence-electron chi connectivity index (χ1n) is 7.03. The van der Waals surface area contributed by atoms with E-state index in [0.29, 0.717) is 0 Å². The smallest absolute Gasteiger partial charge is 0.123 e. The lowest BCUT2D eigenvalue weighted by molar-refractivity contribution is 0.229. The van der Waals surface area contributed by atoms with Crippen LogP contribution in [0.1, 0.15) is 52.1 Å². The summed E-state index contributed by atoms with van der Waals surface area (Å²) in [6.07, 6.45) is 2.20. The molecular weight excluding hydrogens is 258 g/mol. The fourth-order valence-corrected chi connectivity index (χ4v) is 2.41. The van der Waals surface area contributed by atoms with Gasteiger partial charge < -0.3 is 10.1 Å². The molecule has 0 aliphatic rings. The van der Waals surface area contributed by atoms with Crippen LogP contribution in [0.25, 0.3) is 0 Å². The molecule has 0 saturated heterocycles. The highest BCUT2D eigenvalue weighted by Gasteiger charge is 2.30. The Kier molecular flexibility index (Phi) is 6.15. The highest BCUT2D eigenvalue weighted by atomic mass is 35.5. The first-order valence-corrected chi connectivity index (χ1v) is 7.40. The average Bonchev–Trinajstić information content (AvgIpc) is 2.39. The molecule has 1 atom stereocenters. The Balaban J connectivity index is 3.19. The number of hydrogen-bond donors (Lipinski definition) is 1. The van der Waals surface area contributed by atoms with Crippen LogP contribution in [0.15, 0.2) is 18.2 Å². The van der Waals surface area contributed by atoms with Gasteiger partial charge in [-0.15, -0.1) is 0 Å². The fraction of sp³-hybridized carbons (Fsp3) is 0.625. The van der Waals surface area contributed by atoms with Crippen LogP contribution in [0.3, 0.4) is 0 Å². The van der Waals surface area contributed by atoms with E-state index in [1.165, 1.54) is 0 Å². The van der Waals surface area contributed by atoms with Gasteiger partial charge in [0.1, 0.15) is 5.75 Å². The van der Waals surface area contributed by atoms with Crippen molar-refractivity contribution < 1.29 is 4.74 Å². The largest absolute Gasteiger partial charge is 0.496 e. The SMILES string of the molecule is CCCNC(c1cc(Cl)ccc1OC)C(C)(C)CC. The summed E-state index contributed by atoms with van der Waals surface area (Å²) < 4.78 is 5.50. The van der Waals surface area contributed by atoms with E-state index in [0.717, 1.165) is 35.7 Å². The van der Waals surface area contributed by atoms with Gasteiger partial charge in [0.2, 0.25) is 0 Å². The number of rotatable bonds is 7. The summed E-state index contributed by atoms with van der Waals surface area (Å²) in [6, 6.07) is 6.08. The van der Waals surface area contributed by atoms with Crippen molar-refractivity contribution in [2.24, 2.45) is 5.41 Å². The van der Waals surface area contributed by atoms with Crippen LogP contribution in [-0.4, -0.2) is 13.7 Å². The van der Waals surface area contributed by atoms with Gasteiger partial charge >= 0.3 is 0 Å². The van der Waals surface area contributed by atoms with Crippen LogP contribution in [-0.2, 0) is 0 Å². The standard InChI is InChI=1S/C16H26ClNO/c1-6-10-18-15(16(3,4)7-2)13-11-12(17)8-9-14(13)19-5/h8-9,11,15,18H,6-7,10H2,1-5H3. The summed E-state index contributed by atoms with van der Waals surface area (Å²) in [5.41, 5.74) is 1.29. The molecule has 1 aromatic rings. The van der Waals surface area contributed by atoms with Crippen LogP contribution in [0, 0.1) is 5.41 Å². The molecule has 3 heteroatoms. The second-order valence-electron chi connectivity index (χ2n) is 5.62. The lowest BCUT2D eigenvalue weighted by Crippen LogP contribution is -2.34. The first kappa shape index (κ1) is 16.3. The number of ether oxygens (including phenoxy) is 1. The Labute approximate surface area is 122 Å². The molecule has 1 rings (SSSR count). The Morgan fingerprint density at radius 1 is 1.32 bits per heavy atom. The molecule has 0 heterocycles. The van der Waals surface area contributed by atoms with E-state index in [9.17, 15) is 0 Å². The lowest BCUT2D eigenvalue weighted by atomic mass is 9.78. The zero-order chi connectivity index (χ0) is 14.5. The molecule has 0 radical (unpaired) electrons. The minimum atomic E-state index is 0.146. The molecule has 0 saturated carbocycles. The molecule has 0 spiro atoms. The summed E-state index contributed by atoms with van der Waals surface area (Å²) in [7, 11) is 1.71. The van der Waals surface area contributed by atoms with E-state index in [1.807, 2.05) is 18.2 Å². The van der Waals surface area contributed by atoms with Gasteiger partial charge in [-0.25, -0.2) is 0 Å². The van der Waals surface area contributed by atoms with Crippen molar-refractivity contribution in [3.8, 4) is 5.75 Å². The molecule has 19 heavy (non-hydrogen) atoms. The maximum atomic E-state index is 6.16. The van der Waals surface area contributed by atoms with Gasteiger partial charge in [0, 0.05) is 16.6 Å². The molecule has 0 aliphatic heterocycles. The quantitative estimate of drug-likeness (QED) is 0.774. The van der Waals surface area contributed by atoms with E-state index < -0.39 is 0 Å². The van der Waals surface area contributed by atoms with Crippen molar-refractivity contribution in [1.29, 1.82) is 0 Å². The van der Waals surface area contributed by atoms with Crippen LogP contribution in [0.5, 0.6) is 5.75 Å². The van der Waals surface area contributed by atoms with Crippen LogP contribution in [0.4, 0.5) is 0 Å². The summed E-state index contributed by atoms with van der Waals surface area (Å²) >= 11 is 6.16. The Morgan fingerprint density at radius 3 is 2.53 bits per heavy atom. The van der Waals surface area contributed by atoms with Crippen molar-refractivity contribution >= 4 is 11.6 Å². The first-order chi connectivity index (χ1) is 8.96. The predicted molar refractivity (Wildman–Crippen MR) is 83.1 cm³/mol. The molecule has 2 nitrogen and oxygen atoms in total. The summed E-state index contributed by atoms with van der Waals surface area (Å²) in [6.45, 7) is 9.95. The molecule has 1 unspecified atom stereocenters. The van der Waals surface area contributed by atoms with Crippen LogP contribution in [0.2, 0.25) is 5.02 Å². The van der Waals surface area contributed by atoms with Gasteiger partial charge in [0.05, 0.1) is 7.11 Å². The van der Waals surface area contributed by atoms with Gasteiger partial charge in [-0.1, -0.05) is 39.3 Å². The van der Waals surface area contributed by atoms with Crippen LogP contribution < -0.4 is 10.1 Å². The number of nitrogens with one attached hydrogen (secondary N) is 1. The number of methoxy groups -OCH3 is 1. The number of halogens is 1. The highest BCUT2D eigenvalue weighted by molar-refractivity contribution is 6.30. The predicted octanol–water partition coefficient (Wildman–Crippen LogP) is 4.83. The molecule has 1 N–H and O–H groups in total. The summed E-state index contributed by atoms with van der Waals surface area (Å²) in [4.78, 5) is 0. The Morgan fingerprint density at radius 2 is 2.00 bits per heavy atom. The molecule has 0 aliphatic carbocycles. The molecule has 1 aromatic carbocycles. The summed E-state index contributed by atoms with van der Waals surface area (Å²) in [5.74, 6) is 0.902. The third kappa shape index (κ3) is 4.12.